The van der Waals surface area contributed by atoms with Crippen LogP contribution in [0.5, 0.6) is 0 Å². The summed E-state index contributed by atoms with van der Waals surface area (Å²) < 4.78 is 15.0. The molecular formula is C22H25F. The summed E-state index contributed by atoms with van der Waals surface area (Å²) in [5.74, 6) is -0.0863. The molecule has 0 amide bonds. The van der Waals surface area contributed by atoms with Crippen LogP contribution >= 0.6 is 0 Å². The zero-order valence-electron chi connectivity index (χ0n) is 14.9. The zero-order valence-corrected chi connectivity index (χ0v) is 14.9. The van der Waals surface area contributed by atoms with Gasteiger partial charge in [-0.25, -0.2) is 4.39 Å². The third-order valence-corrected chi connectivity index (χ3v) is 4.63. The monoisotopic (exact) mass is 308 g/mol. The van der Waals surface area contributed by atoms with Gasteiger partial charge in [0.15, 0.2) is 0 Å². The van der Waals surface area contributed by atoms with Crippen LogP contribution in [0.3, 0.4) is 0 Å². The molecule has 120 valence electrons. The fraction of sp³-hybridized carbons (Fsp3) is 0.364. The second-order valence-corrected chi connectivity index (χ2v) is 8.52. The third-order valence-electron chi connectivity index (χ3n) is 4.63. The topological polar surface area (TPSA) is 0 Å². The van der Waals surface area contributed by atoms with E-state index in [1.807, 2.05) is 39.0 Å². The van der Waals surface area contributed by atoms with Gasteiger partial charge in [0.25, 0.3) is 0 Å². The molecule has 0 aliphatic carbocycles. The lowest BCUT2D eigenvalue weighted by Gasteiger charge is -2.22. The number of hydrogen-bond donors (Lipinski definition) is 0. The molecule has 0 spiro atoms. The van der Waals surface area contributed by atoms with E-state index in [-0.39, 0.29) is 16.6 Å². The molecule has 3 rings (SSSR count). The first-order valence-electron chi connectivity index (χ1n) is 8.25. The van der Waals surface area contributed by atoms with E-state index in [0.717, 1.165) is 16.3 Å². The van der Waals surface area contributed by atoms with Gasteiger partial charge < -0.3 is 0 Å². The summed E-state index contributed by atoms with van der Waals surface area (Å²) in [5.41, 5.74) is 2.00. The highest BCUT2D eigenvalue weighted by Crippen LogP contribution is 2.35. The van der Waals surface area contributed by atoms with Crippen LogP contribution in [0.15, 0.2) is 42.5 Å². The number of fused-ring (bicyclic) bond motifs is 3. The average molecular weight is 308 g/mol. The number of hydrogen-bond acceptors (Lipinski definition) is 0. The van der Waals surface area contributed by atoms with Crippen molar-refractivity contribution in [3.8, 4) is 0 Å². The first-order valence-corrected chi connectivity index (χ1v) is 8.25. The number of benzene rings is 3. The van der Waals surface area contributed by atoms with Gasteiger partial charge in [-0.3, -0.25) is 0 Å². The Kier molecular flexibility index (Phi) is 3.51. The van der Waals surface area contributed by atoms with E-state index in [4.69, 9.17) is 0 Å². The molecule has 0 aliphatic rings. The molecule has 0 unspecified atom stereocenters. The number of rotatable bonds is 0. The number of halogens is 1. The van der Waals surface area contributed by atoms with Gasteiger partial charge in [-0.2, -0.15) is 0 Å². The van der Waals surface area contributed by atoms with Crippen LogP contribution in [0.1, 0.15) is 52.7 Å². The van der Waals surface area contributed by atoms with Crippen LogP contribution in [-0.4, -0.2) is 0 Å². The summed E-state index contributed by atoms with van der Waals surface area (Å²) in [6.07, 6.45) is 0. The molecule has 0 nitrogen and oxygen atoms in total. The largest absolute Gasteiger partial charge is 0.206 e. The zero-order chi connectivity index (χ0) is 17.0. The lowest BCUT2D eigenvalue weighted by Crippen LogP contribution is -2.13. The Labute approximate surface area is 138 Å². The van der Waals surface area contributed by atoms with E-state index < -0.39 is 0 Å². The van der Waals surface area contributed by atoms with Crippen molar-refractivity contribution < 1.29 is 4.39 Å². The molecule has 0 aromatic heterocycles. The van der Waals surface area contributed by atoms with Crippen LogP contribution in [0.2, 0.25) is 0 Å². The smallest absolute Gasteiger partial charge is 0.134 e. The Bertz CT molecular complexity index is 890. The summed E-state index contributed by atoms with van der Waals surface area (Å²) in [4.78, 5) is 0. The standard InChI is InChI=1S/C22H25F/c1-21(2,3)15-8-10-16-14(13-15)7-9-18-17(16)11-12-19(20(18)23)22(4,5)6/h7-13H,1-6H3. The van der Waals surface area contributed by atoms with Gasteiger partial charge in [0.2, 0.25) is 0 Å². The highest BCUT2D eigenvalue weighted by atomic mass is 19.1. The quantitative estimate of drug-likeness (QED) is 0.404. The van der Waals surface area contributed by atoms with Crippen LogP contribution in [0.4, 0.5) is 4.39 Å². The van der Waals surface area contributed by atoms with Gasteiger partial charge >= 0.3 is 0 Å². The average Bonchev–Trinajstić information content (AvgIpc) is 2.44. The van der Waals surface area contributed by atoms with Crippen LogP contribution in [-0.2, 0) is 10.8 Å². The summed E-state index contributed by atoms with van der Waals surface area (Å²) in [5, 5.41) is 4.00. The van der Waals surface area contributed by atoms with Crippen LogP contribution < -0.4 is 0 Å². The first-order chi connectivity index (χ1) is 10.6. The van der Waals surface area contributed by atoms with Gasteiger partial charge in [0.1, 0.15) is 5.82 Å². The molecule has 23 heavy (non-hydrogen) atoms. The molecule has 3 aromatic carbocycles. The van der Waals surface area contributed by atoms with Gasteiger partial charge in [0.05, 0.1) is 0 Å². The molecule has 0 N–H and O–H groups in total. The summed E-state index contributed by atoms with van der Waals surface area (Å²) in [6, 6.07) is 14.5. The van der Waals surface area contributed by atoms with Crippen molar-refractivity contribution in [1.82, 2.24) is 0 Å². The summed E-state index contributed by atoms with van der Waals surface area (Å²) in [6.45, 7) is 12.8. The lowest BCUT2D eigenvalue weighted by molar-refractivity contribution is 0.529. The normalized spacial score (nSPS) is 13.0. The highest BCUT2D eigenvalue weighted by Gasteiger charge is 2.21. The molecular weight excluding hydrogens is 283 g/mol. The van der Waals surface area contributed by atoms with E-state index in [1.165, 1.54) is 10.9 Å². The Balaban J connectivity index is 2.31. The Morgan fingerprint density at radius 3 is 1.87 bits per heavy atom. The van der Waals surface area contributed by atoms with E-state index in [2.05, 4.69) is 45.0 Å². The summed E-state index contributed by atoms with van der Waals surface area (Å²) in [7, 11) is 0. The van der Waals surface area contributed by atoms with E-state index in [0.29, 0.717) is 5.39 Å². The molecule has 3 aromatic rings. The van der Waals surface area contributed by atoms with Crippen LogP contribution in [0, 0.1) is 5.82 Å². The van der Waals surface area contributed by atoms with Crippen molar-refractivity contribution in [3.05, 3.63) is 59.4 Å². The Hall–Kier alpha value is -1.89. The minimum Gasteiger partial charge on any atom is -0.206 e. The first kappa shape index (κ1) is 16.0. The molecule has 0 aliphatic heterocycles. The SMILES string of the molecule is CC(C)(C)c1ccc2c(ccc3c(F)c(C(C)(C)C)ccc32)c1. The Morgan fingerprint density at radius 1 is 0.652 bits per heavy atom. The maximum atomic E-state index is 15.0. The lowest BCUT2D eigenvalue weighted by atomic mass is 9.83. The minimum absolute atomic E-state index is 0.0863. The predicted octanol–water partition coefficient (Wildman–Crippen LogP) is 6.73. The molecule has 1 heteroatoms. The molecule has 0 fully saturated rings. The van der Waals surface area contributed by atoms with Crippen molar-refractivity contribution in [3.63, 3.8) is 0 Å². The maximum absolute atomic E-state index is 15.0. The molecule has 0 heterocycles. The predicted molar refractivity (Wildman–Crippen MR) is 98.8 cm³/mol. The van der Waals surface area contributed by atoms with Crippen molar-refractivity contribution in [2.75, 3.05) is 0 Å². The maximum Gasteiger partial charge on any atom is 0.134 e. The van der Waals surface area contributed by atoms with Crippen LogP contribution in [0.25, 0.3) is 21.5 Å². The second kappa shape index (κ2) is 5.06. The van der Waals surface area contributed by atoms with E-state index >= 15 is 0 Å². The van der Waals surface area contributed by atoms with Gasteiger partial charge in [-0.05, 0) is 38.1 Å². The molecule has 0 saturated carbocycles. The summed E-state index contributed by atoms with van der Waals surface area (Å²) >= 11 is 0. The Morgan fingerprint density at radius 2 is 1.26 bits per heavy atom. The molecule has 0 saturated heterocycles. The van der Waals surface area contributed by atoms with Crippen molar-refractivity contribution in [2.45, 2.75) is 52.4 Å². The van der Waals surface area contributed by atoms with Crippen molar-refractivity contribution in [1.29, 1.82) is 0 Å². The van der Waals surface area contributed by atoms with E-state index in [1.54, 1.807) is 0 Å². The van der Waals surface area contributed by atoms with Gasteiger partial charge in [0, 0.05) is 5.39 Å². The van der Waals surface area contributed by atoms with Gasteiger partial charge in [-0.15, -0.1) is 0 Å². The van der Waals surface area contributed by atoms with E-state index in [9.17, 15) is 4.39 Å². The van der Waals surface area contributed by atoms with Gasteiger partial charge in [-0.1, -0.05) is 84.0 Å². The minimum atomic E-state index is -0.191. The molecule has 0 radical (unpaired) electrons. The molecule has 0 bridgehead atoms. The third kappa shape index (κ3) is 2.73. The fourth-order valence-corrected chi connectivity index (χ4v) is 3.16. The highest BCUT2D eigenvalue weighted by molar-refractivity contribution is 6.08. The fourth-order valence-electron chi connectivity index (χ4n) is 3.16. The van der Waals surface area contributed by atoms with Crippen molar-refractivity contribution in [2.24, 2.45) is 0 Å². The van der Waals surface area contributed by atoms with Crippen molar-refractivity contribution >= 4 is 21.5 Å². The second-order valence-electron chi connectivity index (χ2n) is 8.52. The molecule has 0 atom stereocenters.